The molecule has 3 nitrogen and oxygen atoms in total. The number of rotatable bonds is 3. The molecule has 1 aromatic heterocycles. The van der Waals surface area contributed by atoms with E-state index in [0.717, 1.165) is 28.4 Å². The molecule has 0 saturated carbocycles. The summed E-state index contributed by atoms with van der Waals surface area (Å²) in [4.78, 5) is 4.83. The molecule has 6 heteroatoms. The van der Waals surface area contributed by atoms with Crippen LogP contribution in [0.25, 0.3) is 11.0 Å². The Morgan fingerprint density at radius 2 is 1.52 bits per heavy atom. The largest absolute Gasteiger partial charge is 0.416 e. The molecule has 31 heavy (non-hydrogen) atoms. The molecule has 0 amide bonds. The van der Waals surface area contributed by atoms with Gasteiger partial charge >= 0.3 is 6.18 Å². The number of hydrogen-bond acceptors (Lipinski definition) is 1. The predicted molar refractivity (Wildman–Crippen MR) is 117 cm³/mol. The summed E-state index contributed by atoms with van der Waals surface area (Å²) in [6.45, 7) is 6.48. The third-order valence-electron chi connectivity index (χ3n) is 5.68. The monoisotopic (exact) mass is 423 g/mol. The zero-order valence-electron chi connectivity index (χ0n) is 18.0. The highest BCUT2D eigenvalue weighted by atomic mass is 19.4. The van der Waals surface area contributed by atoms with Crippen LogP contribution in [0.1, 0.15) is 27.8 Å². The number of nitrogens with zero attached hydrogens (tertiary/aromatic N) is 3. The summed E-state index contributed by atoms with van der Waals surface area (Å²) < 4.78 is 43.9. The molecule has 0 bridgehead atoms. The lowest BCUT2D eigenvalue weighted by Gasteiger charge is -2.09. The fraction of sp³-hybridized carbons (Fsp3) is 0.240. The van der Waals surface area contributed by atoms with Crippen LogP contribution in [0.5, 0.6) is 0 Å². The molecule has 0 saturated heterocycles. The number of hydrogen-bond donors (Lipinski definition) is 0. The molecular weight excluding hydrogens is 399 g/mol. The third-order valence-corrected chi connectivity index (χ3v) is 5.68. The standard InChI is InChI=1S/C25H24F3N3/c1-16-5-8-19(9-6-16)15-31-23-14-20(25(26,27)28)10-12-22(23)30(4)24(31)29-21-11-7-17(2)18(3)13-21/h5-14H,15H2,1-4H3. The molecule has 0 N–H and O–H groups in total. The number of imidazole rings is 1. The second-order valence-electron chi connectivity index (χ2n) is 8.01. The average Bonchev–Trinajstić information content (AvgIpc) is 2.97. The van der Waals surface area contributed by atoms with Gasteiger partial charge in [0.1, 0.15) is 0 Å². The first-order chi connectivity index (χ1) is 14.6. The van der Waals surface area contributed by atoms with Crippen LogP contribution in [-0.4, -0.2) is 9.13 Å². The summed E-state index contributed by atoms with van der Waals surface area (Å²) in [6.07, 6.45) is -4.41. The Morgan fingerprint density at radius 3 is 2.16 bits per heavy atom. The first-order valence-electron chi connectivity index (χ1n) is 10.1. The highest BCUT2D eigenvalue weighted by molar-refractivity contribution is 5.77. The molecule has 3 aromatic carbocycles. The first kappa shape index (κ1) is 21.0. The summed E-state index contributed by atoms with van der Waals surface area (Å²) >= 11 is 0. The molecule has 0 radical (unpaired) electrons. The molecule has 0 aliphatic rings. The van der Waals surface area contributed by atoms with Crippen molar-refractivity contribution in [2.45, 2.75) is 33.5 Å². The van der Waals surface area contributed by atoms with E-state index in [1.165, 1.54) is 17.7 Å². The fourth-order valence-electron chi connectivity index (χ4n) is 3.67. The van der Waals surface area contributed by atoms with Gasteiger partial charge < -0.3 is 9.13 Å². The summed E-state index contributed by atoms with van der Waals surface area (Å²) in [7, 11) is 1.83. The fourth-order valence-corrected chi connectivity index (χ4v) is 3.67. The lowest BCUT2D eigenvalue weighted by atomic mass is 10.1. The Kier molecular flexibility index (Phi) is 5.25. The highest BCUT2D eigenvalue weighted by Crippen LogP contribution is 2.31. The topological polar surface area (TPSA) is 22.2 Å². The van der Waals surface area contributed by atoms with E-state index < -0.39 is 11.7 Å². The van der Waals surface area contributed by atoms with Gasteiger partial charge in [0.25, 0.3) is 0 Å². The van der Waals surface area contributed by atoms with Gasteiger partial charge in [0.15, 0.2) is 0 Å². The molecule has 160 valence electrons. The van der Waals surface area contributed by atoms with E-state index in [1.807, 2.05) is 79.4 Å². The van der Waals surface area contributed by atoms with Crippen molar-refractivity contribution in [3.8, 4) is 0 Å². The van der Waals surface area contributed by atoms with Crippen LogP contribution in [0.2, 0.25) is 0 Å². The van der Waals surface area contributed by atoms with Crippen molar-refractivity contribution in [2.24, 2.45) is 12.0 Å². The van der Waals surface area contributed by atoms with Crippen LogP contribution in [-0.2, 0) is 19.8 Å². The van der Waals surface area contributed by atoms with Crippen molar-refractivity contribution in [1.29, 1.82) is 0 Å². The van der Waals surface area contributed by atoms with Crippen LogP contribution < -0.4 is 5.62 Å². The number of halogens is 3. The lowest BCUT2D eigenvalue weighted by Crippen LogP contribution is -2.24. The van der Waals surface area contributed by atoms with Gasteiger partial charge in [-0.1, -0.05) is 35.9 Å². The SMILES string of the molecule is Cc1ccc(Cn2c(=Nc3ccc(C)c(C)c3)n(C)c3ccc(C(F)(F)F)cc32)cc1. The maximum atomic E-state index is 13.4. The molecule has 0 aliphatic carbocycles. The second kappa shape index (κ2) is 7.76. The lowest BCUT2D eigenvalue weighted by molar-refractivity contribution is -0.137. The van der Waals surface area contributed by atoms with Gasteiger partial charge in [-0.25, -0.2) is 4.99 Å². The zero-order chi connectivity index (χ0) is 22.3. The smallest absolute Gasteiger partial charge is 0.313 e. The summed E-state index contributed by atoms with van der Waals surface area (Å²) in [5, 5.41) is 0. The van der Waals surface area contributed by atoms with Crippen LogP contribution in [0.15, 0.2) is 65.7 Å². The summed E-state index contributed by atoms with van der Waals surface area (Å²) in [5.74, 6) is 0. The van der Waals surface area contributed by atoms with Gasteiger partial charge in [-0.15, -0.1) is 0 Å². The van der Waals surface area contributed by atoms with Crippen molar-refractivity contribution >= 4 is 16.7 Å². The maximum Gasteiger partial charge on any atom is 0.416 e. The molecule has 0 atom stereocenters. The molecule has 0 spiro atoms. The molecular formula is C25H24F3N3. The van der Waals surface area contributed by atoms with Gasteiger partial charge in [-0.2, -0.15) is 13.2 Å². The summed E-state index contributed by atoms with van der Waals surface area (Å²) in [5.41, 5.74) is 6.30. The van der Waals surface area contributed by atoms with Crippen LogP contribution in [0.3, 0.4) is 0 Å². The van der Waals surface area contributed by atoms with Crippen LogP contribution >= 0.6 is 0 Å². The highest BCUT2D eigenvalue weighted by Gasteiger charge is 2.31. The number of alkyl halides is 3. The zero-order valence-corrected chi connectivity index (χ0v) is 18.0. The van der Waals surface area contributed by atoms with Crippen molar-refractivity contribution in [2.75, 3.05) is 0 Å². The Labute approximate surface area is 179 Å². The molecule has 1 heterocycles. The minimum atomic E-state index is -4.41. The Hall–Kier alpha value is -3.28. The van der Waals surface area contributed by atoms with Crippen LogP contribution in [0, 0.1) is 20.8 Å². The van der Waals surface area contributed by atoms with E-state index in [0.29, 0.717) is 23.2 Å². The molecule has 4 rings (SSSR count). The van der Waals surface area contributed by atoms with Gasteiger partial charge in [0, 0.05) is 7.05 Å². The van der Waals surface area contributed by atoms with Crippen molar-refractivity contribution in [3.63, 3.8) is 0 Å². The van der Waals surface area contributed by atoms with Crippen molar-refractivity contribution in [3.05, 3.63) is 94.1 Å². The average molecular weight is 423 g/mol. The van der Waals surface area contributed by atoms with E-state index >= 15 is 0 Å². The van der Waals surface area contributed by atoms with E-state index in [-0.39, 0.29) is 0 Å². The normalized spacial score (nSPS) is 12.7. The van der Waals surface area contributed by atoms with Crippen LogP contribution in [0.4, 0.5) is 18.9 Å². The molecule has 0 fully saturated rings. The molecule has 4 aromatic rings. The molecule has 0 unspecified atom stereocenters. The minimum absolute atomic E-state index is 0.419. The number of aromatic nitrogens is 2. The van der Waals surface area contributed by atoms with E-state index in [1.54, 1.807) is 0 Å². The van der Waals surface area contributed by atoms with Gasteiger partial charge in [-0.3, -0.25) is 0 Å². The minimum Gasteiger partial charge on any atom is -0.313 e. The predicted octanol–water partition coefficient (Wildman–Crippen LogP) is 6.20. The number of benzene rings is 3. The summed E-state index contributed by atoms with van der Waals surface area (Å²) in [6, 6.07) is 17.8. The van der Waals surface area contributed by atoms with Gasteiger partial charge in [0.05, 0.1) is 28.8 Å². The Balaban J connectivity index is 1.98. The van der Waals surface area contributed by atoms with E-state index in [4.69, 9.17) is 4.99 Å². The van der Waals surface area contributed by atoms with Gasteiger partial charge in [0.2, 0.25) is 5.62 Å². The number of fused-ring (bicyclic) bond motifs is 1. The Bertz CT molecular complexity index is 1320. The second-order valence-corrected chi connectivity index (χ2v) is 8.01. The Morgan fingerprint density at radius 1 is 0.806 bits per heavy atom. The quantitative estimate of drug-likeness (QED) is 0.374. The first-order valence-corrected chi connectivity index (χ1v) is 10.1. The van der Waals surface area contributed by atoms with Crippen molar-refractivity contribution in [1.82, 2.24) is 9.13 Å². The maximum absolute atomic E-state index is 13.4. The van der Waals surface area contributed by atoms with Crippen molar-refractivity contribution < 1.29 is 13.2 Å². The third kappa shape index (κ3) is 4.15. The van der Waals surface area contributed by atoms with Gasteiger partial charge in [-0.05, 0) is 67.8 Å². The number of aryl methyl sites for hydroxylation is 4. The van der Waals surface area contributed by atoms with E-state index in [2.05, 4.69) is 0 Å². The molecule has 0 aliphatic heterocycles. The van der Waals surface area contributed by atoms with E-state index in [9.17, 15) is 13.2 Å².